The Balaban J connectivity index is 1.55. The van der Waals surface area contributed by atoms with E-state index in [9.17, 15) is 4.79 Å². The third-order valence-electron chi connectivity index (χ3n) is 4.81. The van der Waals surface area contributed by atoms with Crippen LogP contribution < -0.4 is 9.47 Å². The van der Waals surface area contributed by atoms with Crippen molar-refractivity contribution in [3.63, 3.8) is 0 Å². The molecule has 0 bridgehead atoms. The van der Waals surface area contributed by atoms with Gasteiger partial charge in [-0.25, -0.2) is 5.01 Å². The number of hydrogen-bond acceptors (Lipinski definition) is 7. The molecule has 2 aromatic heterocycles. The number of thiophene rings is 1. The van der Waals surface area contributed by atoms with E-state index in [0.29, 0.717) is 29.4 Å². The van der Waals surface area contributed by atoms with Crippen LogP contribution in [0.3, 0.4) is 0 Å². The average molecular weight is 443 g/mol. The molecule has 0 radical (unpaired) electrons. The van der Waals surface area contributed by atoms with Gasteiger partial charge >= 0.3 is 0 Å². The zero-order valence-corrected chi connectivity index (χ0v) is 18.4. The maximum atomic E-state index is 13.1. The van der Waals surface area contributed by atoms with Crippen molar-refractivity contribution in [2.45, 2.75) is 18.2 Å². The van der Waals surface area contributed by atoms with Gasteiger partial charge in [-0.15, -0.1) is 23.1 Å². The van der Waals surface area contributed by atoms with E-state index < -0.39 is 0 Å². The van der Waals surface area contributed by atoms with Crippen LogP contribution in [0.4, 0.5) is 0 Å². The number of furan rings is 1. The van der Waals surface area contributed by atoms with Crippen LogP contribution >= 0.6 is 23.1 Å². The number of thioether (sulfide) groups is 1. The number of benzene rings is 1. The van der Waals surface area contributed by atoms with Crippen LogP contribution in [-0.4, -0.2) is 36.6 Å². The number of carbonyl (C=O) groups excluding carboxylic acids is 1. The average Bonchev–Trinajstić information content (AvgIpc) is 3.54. The van der Waals surface area contributed by atoms with Gasteiger partial charge in [0.25, 0.3) is 5.91 Å². The van der Waals surface area contributed by atoms with E-state index in [1.54, 1.807) is 36.8 Å². The van der Waals surface area contributed by atoms with Gasteiger partial charge in [-0.1, -0.05) is 12.1 Å². The Kier molecular flexibility index (Phi) is 6.44. The molecule has 1 atom stereocenters. The van der Waals surface area contributed by atoms with Crippen molar-refractivity contribution in [2.75, 3.05) is 20.0 Å². The molecule has 1 unspecified atom stereocenters. The lowest BCUT2D eigenvalue weighted by molar-refractivity contribution is -0.130. The first-order chi connectivity index (χ1) is 14.7. The van der Waals surface area contributed by atoms with Crippen LogP contribution in [0.5, 0.6) is 11.5 Å². The summed E-state index contributed by atoms with van der Waals surface area (Å²) in [5.41, 5.74) is 1.89. The minimum atomic E-state index is -0.182. The topological polar surface area (TPSA) is 64.3 Å². The third-order valence-corrected chi connectivity index (χ3v) is 6.67. The molecule has 8 heteroatoms. The van der Waals surface area contributed by atoms with Crippen LogP contribution in [0.1, 0.15) is 28.7 Å². The fourth-order valence-electron chi connectivity index (χ4n) is 3.35. The summed E-state index contributed by atoms with van der Waals surface area (Å²) in [5, 5.41) is 8.34. The van der Waals surface area contributed by atoms with Crippen LogP contribution in [0.15, 0.2) is 63.6 Å². The summed E-state index contributed by atoms with van der Waals surface area (Å²) >= 11 is 3.15. The summed E-state index contributed by atoms with van der Waals surface area (Å²) in [6, 6.07) is 13.4. The number of nitrogens with zero attached hydrogens (tertiary/aromatic N) is 2. The maximum Gasteiger partial charge on any atom is 0.253 e. The van der Waals surface area contributed by atoms with Crippen LogP contribution in [0, 0.1) is 0 Å². The number of ether oxygens (including phenoxy) is 2. The van der Waals surface area contributed by atoms with Gasteiger partial charge in [0.05, 0.1) is 48.6 Å². The van der Waals surface area contributed by atoms with Gasteiger partial charge in [-0.2, -0.15) is 5.10 Å². The van der Waals surface area contributed by atoms with Gasteiger partial charge in [0.1, 0.15) is 5.76 Å². The molecule has 3 aromatic rings. The predicted molar refractivity (Wildman–Crippen MR) is 119 cm³/mol. The molecule has 0 fully saturated rings. The molecule has 0 N–H and O–H groups in total. The molecule has 0 spiro atoms. The van der Waals surface area contributed by atoms with Gasteiger partial charge in [-0.05, 0) is 41.3 Å². The molecular weight excluding hydrogens is 420 g/mol. The molecule has 1 amide bonds. The molecule has 0 saturated carbocycles. The second kappa shape index (κ2) is 9.40. The molecule has 3 heterocycles. The first kappa shape index (κ1) is 20.6. The van der Waals surface area contributed by atoms with E-state index in [2.05, 4.69) is 0 Å². The molecule has 4 rings (SSSR count). The Morgan fingerprint density at radius 3 is 2.80 bits per heavy atom. The standard InChI is InChI=1S/C22H22N2O4S2/c1-26-19-8-7-15(11-20(19)27-2)18-12-17(21-6-4-10-30-21)23-24(18)22(25)14-29-13-16-5-3-9-28-16/h3-11,18H,12-14H2,1-2H3. The number of hydrazone groups is 1. The smallest absolute Gasteiger partial charge is 0.253 e. The normalized spacial score (nSPS) is 15.9. The molecule has 1 aromatic carbocycles. The predicted octanol–water partition coefficient (Wildman–Crippen LogP) is 4.97. The van der Waals surface area contributed by atoms with Crippen molar-refractivity contribution >= 4 is 34.7 Å². The van der Waals surface area contributed by atoms with Gasteiger partial charge in [-0.3, -0.25) is 4.79 Å². The van der Waals surface area contributed by atoms with E-state index in [0.717, 1.165) is 21.9 Å². The van der Waals surface area contributed by atoms with E-state index >= 15 is 0 Å². The van der Waals surface area contributed by atoms with Gasteiger partial charge in [0.15, 0.2) is 11.5 Å². The number of rotatable bonds is 8. The zero-order valence-electron chi connectivity index (χ0n) is 16.7. The fraction of sp³-hybridized carbons (Fsp3) is 0.273. The molecule has 1 aliphatic heterocycles. The fourth-order valence-corrected chi connectivity index (χ4v) is 4.85. The summed E-state index contributed by atoms with van der Waals surface area (Å²) in [6.45, 7) is 0. The molecular formula is C22H22N2O4S2. The Morgan fingerprint density at radius 2 is 2.10 bits per heavy atom. The van der Waals surface area contributed by atoms with Gasteiger partial charge in [0.2, 0.25) is 0 Å². The summed E-state index contributed by atoms with van der Waals surface area (Å²) < 4.78 is 16.2. The first-order valence-corrected chi connectivity index (χ1v) is 11.5. The van der Waals surface area contributed by atoms with Gasteiger partial charge in [0, 0.05) is 6.42 Å². The summed E-state index contributed by atoms with van der Waals surface area (Å²) in [5.74, 6) is 3.09. The highest BCUT2D eigenvalue weighted by molar-refractivity contribution is 7.99. The third kappa shape index (κ3) is 4.39. The van der Waals surface area contributed by atoms with Crippen LogP contribution in [0.25, 0.3) is 0 Å². The van der Waals surface area contributed by atoms with E-state index in [4.69, 9.17) is 19.0 Å². The quantitative estimate of drug-likeness (QED) is 0.493. The molecule has 30 heavy (non-hydrogen) atoms. The Labute approximate surface area is 183 Å². The van der Waals surface area contributed by atoms with Crippen molar-refractivity contribution in [3.8, 4) is 11.5 Å². The zero-order chi connectivity index (χ0) is 20.9. The molecule has 0 aliphatic carbocycles. The highest BCUT2D eigenvalue weighted by Crippen LogP contribution is 2.38. The lowest BCUT2D eigenvalue weighted by atomic mass is 10.0. The Bertz CT molecular complexity index is 1020. The molecule has 156 valence electrons. The highest BCUT2D eigenvalue weighted by Gasteiger charge is 2.33. The molecule has 1 aliphatic rings. The maximum absolute atomic E-state index is 13.1. The largest absolute Gasteiger partial charge is 0.493 e. The molecule has 0 saturated heterocycles. The number of amides is 1. The van der Waals surface area contributed by atoms with Crippen molar-refractivity contribution < 1.29 is 18.7 Å². The second-order valence-electron chi connectivity index (χ2n) is 6.67. The van der Waals surface area contributed by atoms with Crippen LogP contribution in [0.2, 0.25) is 0 Å². The second-order valence-corrected chi connectivity index (χ2v) is 8.60. The van der Waals surface area contributed by atoms with Crippen molar-refractivity contribution in [1.29, 1.82) is 0 Å². The summed E-state index contributed by atoms with van der Waals surface area (Å²) in [4.78, 5) is 14.1. The van der Waals surface area contributed by atoms with Crippen LogP contribution in [-0.2, 0) is 10.5 Å². The monoisotopic (exact) mass is 442 g/mol. The van der Waals surface area contributed by atoms with Gasteiger partial charge < -0.3 is 13.9 Å². The Morgan fingerprint density at radius 1 is 1.23 bits per heavy atom. The number of carbonyl (C=O) groups is 1. The first-order valence-electron chi connectivity index (χ1n) is 9.45. The minimum absolute atomic E-state index is 0.0297. The van der Waals surface area contributed by atoms with E-state index in [1.165, 1.54) is 11.8 Å². The lowest BCUT2D eigenvalue weighted by Gasteiger charge is -2.22. The van der Waals surface area contributed by atoms with E-state index in [-0.39, 0.29) is 11.9 Å². The van der Waals surface area contributed by atoms with Crippen molar-refractivity contribution in [2.24, 2.45) is 5.10 Å². The van der Waals surface area contributed by atoms with Crippen molar-refractivity contribution in [3.05, 3.63) is 70.3 Å². The molecule has 6 nitrogen and oxygen atoms in total. The summed E-state index contributed by atoms with van der Waals surface area (Å²) in [7, 11) is 3.22. The van der Waals surface area contributed by atoms with Crippen molar-refractivity contribution in [1.82, 2.24) is 5.01 Å². The number of hydrogen-bond donors (Lipinski definition) is 0. The summed E-state index contributed by atoms with van der Waals surface area (Å²) in [6.07, 6.45) is 2.30. The minimum Gasteiger partial charge on any atom is -0.493 e. The van der Waals surface area contributed by atoms with E-state index in [1.807, 2.05) is 47.8 Å². The lowest BCUT2D eigenvalue weighted by Crippen LogP contribution is -2.28. The highest BCUT2D eigenvalue weighted by atomic mass is 32.2. The Hall–Kier alpha value is -2.71. The SMILES string of the molecule is COc1ccc(C2CC(c3cccs3)=NN2C(=O)CSCc2ccco2)cc1OC. The number of methoxy groups -OCH3 is 2.